The van der Waals surface area contributed by atoms with Gasteiger partial charge < -0.3 is 5.43 Å². The molecule has 8 heteroatoms. The van der Waals surface area contributed by atoms with Crippen molar-refractivity contribution >= 4 is 23.1 Å². The second-order valence-electron chi connectivity index (χ2n) is 3.25. The highest BCUT2D eigenvalue weighted by atomic mass is 32.2. The zero-order chi connectivity index (χ0) is 13.0. The van der Waals surface area contributed by atoms with Gasteiger partial charge in [-0.05, 0) is 23.9 Å². The fourth-order valence-electron chi connectivity index (χ4n) is 1.27. The number of rotatable bonds is 4. The van der Waals surface area contributed by atoms with E-state index >= 15 is 0 Å². The van der Waals surface area contributed by atoms with E-state index in [1.807, 2.05) is 0 Å². The minimum absolute atomic E-state index is 0.0381. The zero-order valence-corrected chi connectivity index (χ0v) is 9.92. The predicted molar refractivity (Wildman–Crippen MR) is 67.1 cm³/mol. The molecule has 0 aliphatic carbocycles. The fourth-order valence-corrected chi connectivity index (χ4v) is 2.08. The SMILES string of the molecule is NNc1cc(Sc2ncccn2)cc([N+](=O)[O-])c1. The van der Waals surface area contributed by atoms with Crippen molar-refractivity contribution in [3.8, 4) is 0 Å². The van der Waals surface area contributed by atoms with Crippen molar-refractivity contribution in [1.82, 2.24) is 9.97 Å². The Morgan fingerprint density at radius 2 is 2.00 bits per heavy atom. The summed E-state index contributed by atoms with van der Waals surface area (Å²) in [5.41, 5.74) is 2.81. The van der Waals surface area contributed by atoms with Crippen LogP contribution < -0.4 is 11.3 Å². The standard InChI is InChI=1S/C10H9N5O2S/c11-14-7-4-8(15(16)17)6-9(5-7)18-10-12-2-1-3-13-10/h1-6,14H,11H2. The molecule has 0 unspecified atom stereocenters. The van der Waals surface area contributed by atoms with Crippen LogP contribution in [0.4, 0.5) is 11.4 Å². The second kappa shape index (κ2) is 5.43. The minimum Gasteiger partial charge on any atom is -0.324 e. The Balaban J connectivity index is 2.32. The molecular weight excluding hydrogens is 254 g/mol. The first-order valence-electron chi connectivity index (χ1n) is 4.90. The van der Waals surface area contributed by atoms with Gasteiger partial charge in [-0.25, -0.2) is 9.97 Å². The number of anilines is 1. The number of aromatic nitrogens is 2. The van der Waals surface area contributed by atoms with Crippen molar-refractivity contribution < 1.29 is 4.92 Å². The number of nitrogen functional groups attached to an aromatic ring is 1. The van der Waals surface area contributed by atoms with Crippen LogP contribution in [-0.2, 0) is 0 Å². The van der Waals surface area contributed by atoms with Crippen LogP contribution in [0, 0.1) is 10.1 Å². The predicted octanol–water partition coefficient (Wildman–Crippen LogP) is 1.82. The Kier molecular flexibility index (Phi) is 3.70. The van der Waals surface area contributed by atoms with Crippen LogP contribution in [0.3, 0.4) is 0 Å². The molecule has 7 nitrogen and oxygen atoms in total. The third-order valence-electron chi connectivity index (χ3n) is 2.02. The van der Waals surface area contributed by atoms with Crippen LogP contribution in [0.25, 0.3) is 0 Å². The number of nitrogens with one attached hydrogen (secondary N) is 1. The lowest BCUT2D eigenvalue weighted by atomic mass is 10.3. The molecule has 2 aromatic rings. The number of hydrogen-bond acceptors (Lipinski definition) is 7. The number of nitrogens with zero attached hydrogens (tertiary/aromatic N) is 3. The maximum atomic E-state index is 10.8. The molecule has 0 bridgehead atoms. The van der Waals surface area contributed by atoms with Crippen molar-refractivity contribution in [3.63, 3.8) is 0 Å². The minimum atomic E-state index is -0.475. The molecular formula is C10H9N5O2S. The molecule has 1 heterocycles. The summed E-state index contributed by atoms with van der Waals surface area (Å²) in [6.45, 7) is 0. The molecule has 0 radical (unpaired) electrons. The average molecular weight is 263 g/mol. The Morgan fingerprint density at radius 1 is 1.28 bits per heavy atom. The molecule has 0 aliphatic heterocycles. The molecule has 1 aromatic carbocycles. The maximum absolute atomic E-state index is 10.8. The highest BCUT2D eigenvalue weighted by Crippen LogP contribution is 2.30. The van der Waals surface area contributed by atoms with Gasteiger partial charge in [0.05, 0.1) is 10.6 Å². The van der Waals surface area contributed by atoms with Gasteiger partial charge in [0.1, 0.15) is 0 Å². The Hall–Kier alpha value is -2.19. The van der Waals surface area contributed by atoms with Crippen molar-refractivity contribution in [2.45, 2.75) is 10.1 Å². The van der Waals surface area contributed by atoms with Crippen LogP contribution in [0.2, 0.25) is 0 Å². The van der Waals surface area contributed by atoms with Gasteiger partial charge in [-0.2, -0.15) is 0 Å². The molecule has 1 aromatic heterocycles. The van der Waals surface area contributed by atoms with Crippen LogP contribution >= 0.6 is 11.8 Å². The average Bonchev–Trinajstić information content (AvgIpc) is 2.39. The molecule has 0 saturated carbocycles. The first-order valence-corrected chi connectivity index (χ1v) is 5.71. The van der Waals surface area contributed by atoms with Gasteiger partial charge in [-0.3, -0.25) is 16.0 Å². The van der Waals surface area contributed by atoms with E-state index in [1.165, 1.54) is 23.9 Å². The summed E-state index contributed by atoms with van der Waals surface area (Å²) in [6.07, 6.45) is 3.21. The Morgan fingerprint density at radius 3 is 2.61 bits per heavy atom. The van der Waals surface area contributed by atoms with E-state index in [1.54, 1.807) is 24.5 Å². The maximum Gasteiger partial charge on any atom is 0.272 e. The second-order valence-corrected chi connectivity index (χ2v) is 4.29. The monoisotopic (exact) mass is 263 g/mol. The first kappa shape index (κ1) is 12.3. The lowest BCUT2D eigenvalue weighted by molar-refractivity contribution is -0.385. The van der Waals surface area contributed by atoms with Gasteiger partial charge in [0, 0.05) is 29.4 Å². The number of nitro benzene ring substituents is 1. The highest BCUT2D eigenvalue weighted by Gasteiger charge is 2.11. The molecule has 18 heavy (non-hydrogen) atoms. The molecule has 0 atom stereocenters. The van der Waals surface area contributed by atoms with Crippen molar-refractivity contribution in [2.24, 2.45) is 5.84 Å². The molecule has 3 N–H and O–H groups in total. The third kappa shape index (κ3) is 2.93. The Labute approximate surface area is 107 Å². The highest BCUT2D eigenvalue weighted by molar-refractivity contribution is 7.99. The zero-order valence-electron chi connectivity index (χ0n) is 9.11. The van der Waals surface area contributed by atoms with Crippen molar-refractivity contribution in [3.05, 3.63) is 46.8 Å². The van der Waals surface area contributed by atoms with Gasteiger partial charge in [-0.1, -0.05) is 0 Å². The van der Waals surface area contributed by atoms with E-state index in [0.29, 0.717) is 15.7 Å². The third-order valence-corrected chi connectivity index (χ3v) is 2.88. The molecule has 92 valence electrons. The van der Waals surface area contributed by atoms with E-state index < -0.39 is 4.92 Å². The van der Waals surface area contributed by atoms with Crippen molar-refractivity contribution in [2.75, 3.05) is 5.43 Å². The van der Waals surface area contributed by atoms with E-state index in [0.717, 1.165) is 0 Å². The fraction of sp³-hybridized carbons (Fsp3) is 0. The Bertz CT molecular complexity index is 563. The summed E-state index contributed by atoms with van der Waals surface area (Å²) < 4.78 is 0. The summed E-state index contributed by atoms with van der Waals surface area (Å²) in [6, 6.07) is 6.19. The van der Waals surface area contributed by atoms with E-state index in [2.05, 4.69) is 15.4 Å². The molecule has 2 rings (SSSR count). The number of nitro groups is 1. The van der Waals surface area contributed by atoms with E-state index in [4.69, 9.17) is 5.84 Å². The summed E-state index contributed by atoms with van der Waals surface area (Å²) in [5.74, 6) is 5.27. The molecule has 0 fully saturated rings. The summed E-state index contributed by atoms with van der Waals surface area (Å²) >= 11 is 1.23. The van der Waals surface area contributed by atoms with Crippen molar-refractivity contribution in [1.29, 1.82) is 0 Å². The summed E-state index contributed by atoms with van der Waals surface area (Å²) in [5, 5.41) is 11.3. The van der Waals surface area contributed by atoms with Crippen LogP contribution in [0.5, 0.6) is 0 Å². The largest absolute Gasteiger partial charge is 0.324 e. The van der Waals surface area contributed by atoms with Gasteiger partial charge in [0.2, 0.25) is 0 Å². The van der Waals surface area contributed by atoms with Gasteiger partial charge in [0.25, 0.3) is 5.69 Å². The van der Waals surface area contributed by atoms with Crippen LogP contribution in [0.1, 0.15) is 0 Å². The smallest absolute Gasteiger partial charge is 0.272 e. The van der Waals surface area contributed by atoms with Crippen LogP contribution in [0.15, 0.2) is 46.7 Å². The molecule has 0 amide bonds. The topological polar surface area (TPSA) is 107 Å². The van der Waals surface area contributed by atoms with E-state index in [-0.39, 0.29) is 5.69 Å². The van der Waals surface area contributed by atoms with Crippen LogP contribution in [-0.4, -0.2) is 14.9 Å². The van der Waals surface area contributed by atoms with E-state index in [9.17, 15) is 10.1 Å². The lowest BCUT2D eigenvalue weighted by Crippen LogP contribution is -2.07. The first-order chi connectivity index (χ1) is 8.69. The number of hydrogen-bond donors (Lipinski definition) is 2. The molecule has 0 spiro atoms. The lowest BCUT2D eigenvalue weighted by Gasteiger charge is -2.04. The van der Waals surface area contributed by atoms with Gasteiger partial charge in [-0.15, -0.1) is 0 Å². The molecule has 0 saturated heterocycles. The number of hydrazine groups is 1. The number of benzene rings is 1. The normalized spacial score (nSPS) is 10.1. The quantitative estimate of drug-likeness (QED) is 0.375. The summed E-state index contributed by atoms with van der Waals surface area (Å²) in [7, 11) is 0. The van der Waals surface area contributed by atoms with Gasteiger partial charge >= 0.3 is 0 Å². The molecule has 0 aliphatic rings. The summed E-state index contributed by atoms with van der Waals surface area (Å²) in [4.78, 5) is 19.0. The van der Waals surface area contributed by atoms with Gasteiger partial charge in [0.15, 0.2) is 5.16 Å². The number of non-ortho nitro benzene ring substituents is 1. The number of nitrogens with two attached hydrogens (primary N) is 1.